The van der Waals surface area contributed by atoms with E-state index >= 15 is 0 Å². The number of carboxylic acid groups (broad SMARTS) is 1. The van der Waals surface area contributed by atoms with Gasteiger partial charge >= 0.3 is 5.97 Å². The first-order valence-corrected chi connectivity index (χ1v) is 12.0. The highest BCUT2D eigenvalue weighted by molar-refractivity contribution is 5.89. The Morgan fingerprint density at radius 3 is 2.68 bits per heavy atom. The second-order valence-corrected chi connectivity index (χ2v) is 10.6. The summed E-state index contributed by atoms with van der Waals surface area (Å²) in [6.07, 6.45) is 9.51. The van der Waals surface area contributed by atoms with Crippen LogP contribution in [-0.4, -0.2) is 39.5 Å². The highest BCUT2D eigenvalue weighted by Gasteiger charge is 2.44. The molecule has 1 saturated heterocycles. The zero-order valence-corrected chi connectivity index (χ0v) is 18.7. The van der Waals surface area contributed by atoms with Gasteiger partial charge in [0.15, 0.2) is 0 Å². The molecule has 2 heterocycles. The van der Waals surface area contributed by atoms with E-state index in [0.717, 1.165) is 44.2 Å². The number of piperidine rings is 1. The van der Waals surface area contributed by atoms with Gasteiger partial charge in [-0.2, -0.15) is 0 Å². The lowest BCUT2D eigenvalue weighted by atomic mass is 9.70. The van der Waals surface area contributed by atoms with Crippen LogP contribution in [0.25, 0.3) is 10.9 Å². The van der Waals surface area contributed by atoms with Crippen molar-refractivity contribution in [1.29, 1.82) is 0 Å². The molecule has 1 aromatic carbocycles. The van der Waals surface area contributed by atoms with E-state index in [1.807, 2.05) is 4.90 Å². The third kappa shape index (κ3) is 3.66. The van der Waals surface area contributed by atoms with Crippen molar-refractivity contribution in [2.24, 2.45) is 11.8 Å². The number of aromatic amines is 1. The minimum absolute atomic E-state index is 0.0943. The summed E-state index contributed by atoms with van der Waals surface area (Å²) in [5.41, 5.74) is 3.53. The lowest BCUT2D eigenvalue weighted by Crippen LogP contribution is -2.54. The van der Waals surface area contributed by atoms with Gasteiger partial charge in [0, 0.05) is 41.5 Å². The van der Waals surface area contributed by atoms with E-state index in [9.17, 15) is 14.7 Å². The number of H-pyrrole nitrogens is 1. The fourth-order valence-electron chi connectivity index (χ4n) is 6.36. The number of hydrogen-bond donors (Lipinski definition) is 2. The first kappa shape index (κ1) is 20.6. The van der Waals surface area contributed by atoms with Gasteiger partial charge in [0.1, 0.15) is 0 Å². The Morgan fingerprint density at radius 2 is 1.94 bits per heavy atom. The molecule has 2 N–H and O–H groups in total. The second-order valence-electron chi connectivity index (χ2n) is 10.6. The maximum Gasteiger partial charge on any atom is 0.306 e. The number of aliphatic carboxylic acids is 1. The first-order valence-electron chi connectivity index (χ1n) is 12.0. The number of nitrogens with one attached hydrogen (secondary N) is 1. The molecule has 1 aliphatic heterocycles. The van der Waals surface area contributed by atoms with Gasteiger partial charge in [-0.15, -0.1) is 0 Å². The number of likely N-dealkylation sites (tertiary alicyclic amines) is 1. The summed E-state index contributed by atoms with van der Waals surface area (Å²) in [7, 11) is 0. The summed E-state index contributed by atoms with van der Waals surface area (Å²) < 4.78 is 0. The number of carboxylic acids is 1. The van der Waals surface area contributed by atoms with Gasteiger partial charge in [-0.3, -0.25) is 9.59 Å². The minimum atomic E-state index is -0.685. The zero-order valence-electron chi connectivity index (χ0n) is 18.7. The van der Waals surface area contributed by atoms with Crippen molar-refractivity contribution in [3.05, 3.63) is 35.5 Å². The summed E-state index contributed by atoms with van der Waals surface area (Å²) in [4.78, 5) is 30.8. The summed E-state index contributed by atoms with van der Waals surface area (Å²) in [6, 6.07) is 6.60. The molecule has 2 aliphatic carbocycles. The van der Waals surface area contributed by atoms with Crippen molar-refractivity contribution in [3.63, 3.8) is 0 Å². The Morgan fingerprint density at radius 1 is 1.13 bits per heavy atom. The molecule has 0 bridgehead atoms. The Kier molecular flexibility index (Phi) is 5.10. The van der Waals surface area contributed by atoms with Gasteiger partial charge in [-0.05, 0) is 67.6 Å². The third-order valence-corrected chi connectivity index (χ3v) is 8.08. The molecule has 5 heteroatoms. The molecule has 3 aliphatic rings. The number of fused-ring (bicyclic) bond motifs is 2. The van der Waals surface area contributed by atoms with Crippen LogP contribution in [0.4, 0.5) is 0 Å². The molecule has 2 aromatic rings. The van der Waals surface area contributed by atoms with E-state index < -0.39 is 5.97 Å². The Balaban J connectivity index is 1.40. The molecule has 2 saturated carbocycles. The molecule has 1 amide bonds. The van der Waals surface area contributed by atoms with Crippen molar-refractivity contribution in [3.8, 4) is 0 Å². The summed E-state index contributed by atoms with van der Waals surface area (Å²) in [6.45, 7) is 5.13. The second kappa shape index (κ2) is 7.68. The number of carbonyl (C=O) groups excluding carboxylic acids is 1. The van der Waals surface area contributed by atoms with Crippen molar-refractivity contribution < 1.29 is 14.7 Å². The molecule has 166 valence electrons. The number of aromatic nitrogens is 1. The van der Waals surface area contributed by atoms with Crippen LogP contribution in [0.2, 0.25) is 0 Å². The predicted molar refractivity (Wildman–Crippen MR) is 121 cm³/mol. The molecule has 0 radical (unpaired) electrons. The molecule has 1 aromatic heterocycles. The first-order chi connectivity index (χ1) is 14.9. The Bertz CT molecular complexity index is 1000. The molecule has 3 fully saturated rings. The van der Waals surface area contributed by atoms with E-state index in [-0.39, 0.29) is 29.2 Å². The van der Waals surface area contributed by atoms with Crippen molar-refractivity contribution in [2.45, 2.75) is 82.6 Å². The van der Waals surface area contributed by atoms with E-state index in [0.29, 0.717) is 12.3 Å². The molecular formula is C26H34N2O3. The summed E-state index contributed by atoms with van der Waals surface area (Å²) in [5, 5.41) is 11.0. The normalized spacial score (nSPS) is 26.6. The van der Waals surface area contributed by atoms with Gasteiger partial charge in [0.2, 0.25) is 5.91 Å². The fraction of sp³-hybridized carbons (Fsp3) is 0.615. The molecule has 31 heavy (non-hydrogen) atoms. The zero-order chi connectivity index (χ0) is 21.8. The average Bonchev–Trinajstić information content (AvgIpc) is 3.49. The Hall–Kier alpha value is -2.30. The van der Waals surface area contributed by atoms with Gasteiger partial charge in [-0.25, -0.2) is 0 Å². The summed E-state index contributed by atoms with van der Waals surface area (Å²) >= 11 is 0. The van der Waals surface area contributed by atoms with Crippen LogP contribution < -0.4 is 0 Å². The number of hydrogen-bond acceptors (Lipinski definition) is 2. The molecule has 0 spiro atoms. The fourth-order valence-corrected chi connectivity index (χ4v) is 6.36. The van der Waals surface area contributed by atoms with Crippen LogP contribution >= 0.6 is 0 Å². The predicted octanol–water partition coefficient (Wildman–Crippen LogP) is 5.20. The van der Waals surface area contributed by atoms with Crippen LogP contribution in [0.3, 0.4) is 0 Å². The van der Waals surface area contributed by atoms with Gasteiger partial charge in [0.05, 0.1) is 5.92 Å². The average molecular weight is 423 g/mol. The van der Waals surface area contributed by atoms with Crippen molar-refractivity contribution in [1.82, 2.24) is 9.88 Å². The lowest BCUT2D eigenvalue weighted by Gasteiger charge is -2.47. The number of rotatable bonds is 5. The maximum atomic E-state index is 13.6. The van der Waals surface area contributed by atoms with Crippen molar-refractivity contribution in [2.75, 3.05) is 6.54 Å². The van der Waals surface area contributed by atoms with E-state index in [1.54, 1.807) is 0 Å². The smallest absolute Gasteiger partial charge is 0.306 e. The van der Waals surface area contributed by atoms with Gasteiger partial charge in [-0.1, -0.05) is 32.4 Å². The number of carbonyl (C=O) groups is 2. The number of amides is 1. The molecule has 3 atom stereocenters. The SMILES string of the molecule is CC(C)(CC(=O)N1CCCC2C(C(=O)O)CCCC21)c1c[nH]c2cccc(C3CC3)c12. The minimum Gasteiger partial charge on any atom is -0.481 e. The quantitative estimate of drug-likeness (QED) is 0.695. The van der Waals surface area contributed by atoms with Crippen LogP contribution in [0.15, 0.2) is 24.4 Å². The number of benzene rings is 1. The van der Waals surface area contributed by atoms with Crippen LogP contribution in [0.5, 0.6) is 0 Å². The van der Waals surface area contributed by atoms with Gasteiger partial charge < -0.3 is 15.0 Å². The topological polar surface area (TPSA) is 73.4 Å². The molecule has 5 rings (SSSR count). The lowest BCUT2D eigenvalue weighted by molar-refractivity contribution is -0.152. The van der Waals surface area contributed by atoms with Crippen molar-refractivity contribution >= 4 is 22.8 Å². The maximum absolute atomic E-state index is 13.6. The molecule has 3 unspecified atom stereocenters. The molecular weight excluding hydrogens is 388 g/mol. The van der Waals surface area contributed by atoms with Gasteiger partial charge in [0.25, 0.3) is 0 Å². The van der Waals surface area contributed by atoms with Crippen LogP contribution in [0.1, 0.15) is 82.3 Å². The van der Waals surface area contributed by atoms with Crippen LogP contribution in [0, 0.1) is 11.8 Å². The van der Waals surface area contributed by atoms with E-state index in [2.05, 4.69) is 43.2 Å². The highest BCUT2D eigenvalue weighted by atomic mass is 16.4. The Labute approximate surface area is 184 Å². The highest BCUT2D eigenvalue weighted by Crippen LogP contribution is 2.46. The van der Waals surface area contributed by atoms with Crippen LogP contribution in [-0.2, 0) is 15.0 Å². The number of nitrogens with zero attached hydrogens (tertiary/aromatic N) is 1. The largest absolute Gasteiger partial charge is 0.481 e. The standard InChI is InChI=1S/C26H34N2O3/c1-26(2,20-15-27-21-9-3-6-17(24(20)21)16-11-12-16)14-23(29)28-13-5-8-18-19(25(30)31)7-4-10-22(18)28/h3,6,9,15-16,18-19,22,27H,4-5,7-8,10-14H2,1-2H3,(H,30,31). The molecule has 5 nitrogen and oxygen atoms in total. The van der Waals surface area contributed by atoms with E-state index in [1.165, 1.54) is 29.4 Å². The van der Waals surface area contributed by atoms with E-state index in [4.69, 9.17) is 0 Å². The summed E-state index contributed by atoms with van der Waals surface area (Å²) in [5.74, 6) is -0.0267. The third-order valence-electron chi connectivity index (χ3n) is 8.08. The monoisotopic (exact) mass is 422 g/mol.